The van der Waals surface area contributed by atoms with E-state index in [9.17, 15) is 5.11 Å². The van der Waals surface area contributed by atoms with Crippen molar-refractivity contribution in [1.29, 1.82) is 0 Å². The van der Waals surface area contributed by atoms with Crippen LogP contribution in [0.3, 0.4) is 0 Å². The first-order valence-electron chi connectivity index (χ1n) is 4.75. The van der Waals surface area contributed by atoms with Gasteiger partial charge in [0.25, 0.3) is 0 Å². The lowest BCUT2D eigenvalue weighted by Gasteiger charge is -2.13. The number of hydrogen-bond donors (Lipinski definition) is 1. The zero-order chi connectivity index (χ0) is 9.68. The first-order chi connectivity index (χ1) is 6.20. The topological polar surface area (TPSA) is 33.1 Å². The summed E-state index contributed by atoms with van der Waals surface area (Å²) in [7, 11) is 0. The molecule has 3 heteroatoms. The van der Waals surface area contributed by atoms with Crippen LogP contribution in [0.4, 0.5) is 0 Å². The Labute approximate surface area is 83.6 Å². The van der Waals surface area contributed by atoms with Crippen LogP contribution in [0.25, 0.3) is 0 Å². The third-order valence-corrected chi connectivity index (χ3v) is 3.02. The molecule has 0 aliphatic heterocycles. The Morgan fingerprint density at radius 3 is 2.85 bits per heavy atom. The smallest absolute Gasteiger partial charge is 0.0794 e. The van der Waals surface area contributed by atoms with E-state index in [0.717, 1.165) is 19.3 Å². The van der Waals surface area contributed by atoms with Crippen molar-refractivity contribution < 1.29 is 5.11 Å². The number of nitrogens with zero attached hydrogens (tertiary/aromatic N) is 1. The van der Waals surface area contributed by atoms with Gasteiger partial charge < -0.3 is 5.11 Å². The van der Waals surface area contributed by atoms with E-state index < -0.39 is 0 Å². The Morgan fingerprint density at radius 1 is 1.54 bits per heavy atom. The van der Waals surface area contributed by atoms with Crippen LogP contribution < -0.4 is 0 Å². The molecule has 1 atom stereocenters. The van der Waals surface area contributed by atoms with Crippen molar-refractivity contribution in [3.8, 4) is 0 Å². The monoisotopic (exact) mass is 199 g/mol. The Bertz CT molecular complexity index is 221. The second kappa shape index (κ2) is 5.35. The Balaban J connectivity index is 2.14. The molecule has 0 amide bonds. The first-order valence-corrected chi connectivity index (χ1v) is 5.63. The number of hydrogen-bond acceptors (Lipinski definition) is 3. The lowest BCUT2D eigenvalue weighted by molar-refractivity contribution is 0.114. The van der Waals surface area contributed by atoms with Gasteiger partial charge in [0.1, 0.15) is 0 Å². The number of aromatic nitrogens is 1. The summed E-state index contributed by atoms with van der Waals surface area (Å²) < 4.78 is 0. The molecule has 74 valence electrons. The summed E-state index contributed by atoms with van der Waals surface area (Å²) in [6.45, 7) is 4.11. The van der Waals surface area contributed by atoms with Gasteiger partial charge in [-0.15, -0.1) is 11.3 Å². The molecule has 13 heavy (non-hydrogen) atoms. The third-order valence-electron chi connectivity index (χ3n) is 2.18. The molecule has 1 unspecified atom stereocenters. The predicted octanol–water partition coefficient (Wildman–Crippen LogP) is 2.48. The minimum absolute atomic E-state index is 0.145. The van der Waals surface area contributed by atoms with Gasteiger partial charge in [0.15, 0.2) is 0 Å². The molecule has 1 rings (SSSR count). The summed E-state index contributed by atoms with van der Waals surface area (Å²) in [6, 6.07) is 0. The number of thiazole rings is 1. The van der Waals surface area contributed by atoms with E-state index in [1.165, 1.54) is 4.88 Å². The molecule has 0 aliphatic carbocycles. The van der Waals surface area contributed by atoms with E-state index in [2.05, 4.69) is 18.8 Å². The molecule has 1 aromatic rings. The van der Waals surface area contributed by atoms with E-state index >= 15 is 0 Å². The van der Waals surface area contributed by atoms with Crippen LogP contribution in [0.2, 0.25) is 0 Å². The van der Waals surface area contributed by atoms with Gasteiger partial charge >= 0.3 is 0 Å². The van der Waals surface area contributed by atoms with Gasteiger partial charge in [-0.25, -0.2) is 0 Å². The Hall–Kier alpha value is -0.410. The lowest BCUT2D eigenvalue weighted by atomic mass is 10.0. The minimum atomic E-state index is -0.145. The summed E-state index contributed by atoms with van der Waals surface area (Å²) in [5, 5.41) is 9.54. The number of aliphatic hydroxyl groups is 1. The number of aliphatic hydroxyl groups excluding tert-OH is 1. The van der Waals surface area contributed by atoms with Gasteiger partial charge in [0, 0.05) is 11.1 Å². The average Bonchev–Trinajstić information content (AvgIpc) is 2.56. The molecule has 0 radical (unpaired) electrons. The van der Waals surface area contributed by atoms with Crippen LogP contribution in [0.5, 0.6) is 0 Å². The Morgan fingerprint density at radius 2 is 2.31 bits per heavy atom. The molecular formula is C10H17NOS. The molecule has 0 saturated carbocycles. The number of aryl methyl sites for hydroxylation is 1. The summed E-state index contributed by atoms with van der Waals surface area (Å²) in [6.07, 6.45) is 4.77. The van der Waals surface area contributed by atoms with E-state index in [-0.39, 0.29) is 6.10 Å². The molecule has 0 saturated heterocycles. The van der Waals surface area contributed by atoms with E-state index in [1.54, 1.807) is 11.3 Å². The van der Waals surface area contributed by atoms with Crippen LogP contribution in [-0.4, -0.2) is 16.2 Å². The minimum Gasteiger partial charge on any atom is -0.393 e. The molecule has 0 bridgehead atoms. The van der Waals surface area contributed by atoms with Gasteiger partial charge in [-0.3, -0.25) is 4.98 Å². The molecule has 1 N–H and O–H groups in total. The Kier molecular flexibility index (Phi) is 4.39. The fourth-order valence-electron chi connectivity index (χ4n) is 1.18. The highest BCUT2D eigenvalue weighted by atomic mass is 32.1. The highest BCUT2D eigenvalue weighted by molar-refractivity contribution is 7.09. The fraction of sp³-hybridized carbons (Fsp3) is 0.700. The second-order valence-electron chi connectivity index (χ2n) is 3.67. The molecule has 0 aliphatic rings. The zero-order valence-corrected chi connectivity index (χ0v) is 9.05. The summed E-state index contributed by atoms with van der Waals surface area (Å²) in [5.41, 5.74) is 1.86. The molecule has 2 nitrogen and oxygen atoms in total. The highest BCUT2D eigenvalue weighted by Crippen LogP contribution is 2.13. The lowest BCUT2D eigenvalue weighted by Crippen LogP contribution is -2.14. The molecule has 0 fully saturated rings. The highest BCUT2D eigenvalue weighted by Gasteiger charge is 2.08. The van der Waals surface area contributed by atoms with Gasteiger partial charge in [0.2, 0.25) is 0 Å². The van der Waals surface area contributed by atoms with E-state index in [1.807, 2.05) is 11.7 Å². The van der Waals surface area contributed by atoms with Gasteiger partial charge in [-0.2, -0.15) is 0 Å². The summed E-state index contributed by atoms with van der Waals surface area (Å²) in [4.78, 5) is 5.33. The first kappa shape index (κ1) is 10.7. The van der Waals surface area contributed by atoms with Crippen molar-refractivity contribution in [3.05, 3.63) is 16.6 Å². The van der Waals surface area contributed by atoms with Gasteiger partial charge in [-0.1, -0.05) is 13.8 Å². The van der Waals surface area contributed by atoms with Crippen LogP contribution in [-0.2, 0) is 6.42 Å². The number of rotatable bonds is 5. The normalized spacial score (nSPS) is 13.5. The van der Waals surface area contributed by atoms with Crippen molar-refractivity contribution in [1.82, 2.24) is 4.98 Å². The van der Waals surface area contributed by atoms with Crippen LogP contribution in [0.1, 0.15) is 31.6 Å². The second-order valence-corrected chi connectivity index (χ2v) is 4.64. The maximum atomic E-state index is 9.54. The molecule has 1 aromatic heterocycles. The van der Waals surface area contributed by atoms with Crippen LogP contribution >= 0.6 is 11.3 Å². The van der Waals surface area contributed by atoms with Gasteiger partial charge in [-0.05, 0) is 25.2 Å². The van der Waals surface area contributed by atoms with Crippen LogP contribution in [0, 0.1) is 5.92 Å². The largest absolute Gasteiger partial charge is 0.393 e. The van der Waals surface area contributed by atoms with Crippen molar-refractivity contribution in [2.24, 2.45) is 5.92 Å². The summed E-state index contributed by atoms with van der Waals surface area (Å²) >= 11 is 1.69. The maximum absolute atomic E-state index is 9.54. The fourth-order valence-corrected chi connectivity index (χ4v) is 1.83. The SMILES string of the molecule is CC(C)C(O)CCCc1cncs1. The predicted molar refractivity (Wildman–Crippen MR) is 55.9 cm³/mol. The van der Waals surface area contributed by atoms with E-state index in [0.29, 0.717) is 5.92 Å². The van der Waals surface area contributed by atoms with Crippen molar-refractivity contribution >= 4 is 11.3 Å². The third kappa shape index (κ3) is 3.87. The standard InChI is InChI=1S/C10H17NOS/c1-8(2)10(12)5-3-4-9-6-11-7-13-9/h6-8,10,12H,3-5H2,1-2H3. The zero-order valence-electron chi connectivity index (χ0n) is 8.23. The van der Waals surface area contributed by atoms with E-state index in [4.69, 9.17) is 0 Å². The van der Waals surface area contributed by atoms with Gasteiger partial charge in [0.05, 0.1) is 11.6 Å². The maximum Gasteiger partial charge on any atom is 0.0794 e. The summed E-state index contributed by atoms with van der Waals surface area (Å²) in [5.74, 6) is 0.376. The molecular weight excluding hydrogens is 182 g/mol. The molecule has 0 spiro atoms. The van der Waals surface area contributed by atoms with Crippen LogP contribution in [0.15, 0.2) is 11.7 Å². The van der Waals surface area contributed by atoms with Crippen molar-refractivity contribution in [2.75, 3.05) is 0 Å². The van der Waals surface area contributed by atoms with Crippen molar-refractivity contribution in [2.45, 2.75) is 39.2 Å². The quantitative estimate of drug-likeness (QED) is 0.790. The average molecular weight is 199 g/mol. The van der Waals surface area contributed by atoms with Crippen molar-refractivity contribution in [3.63, 3.8) is 0 Å². The molecule has 1 heterocycles. The molecule has 0 aromatic carbocycles.